The summed E-state index contributed by atoms with van der Waals surface area (Å²) in [6.45, 7) is 1.86. The Balaban J connectivity index is 2.30. The molecule has 4 nitrogen and oxygen atoms in total. The van der Waals surface area contributed by atoms with E-state index >= 15 is 0 Å². The predicted octanol–water partition coefficient (Wildman–Crippen LogP) is 0.610. The molecule has 0 aliphatic heterocycles. The lowest BCUT2D eigenvalue weighted by atomic mass is 10.0. The Hall–Kier alpha value is -1.29. The van der Waals surface area contributed by atoms with Crippen LogP contribution in [0, 0.1) is 6.92 Å². The highest BCUT2D eigenvalue weighted by Crippen LogP contribution is 2.48. The Kier molecular flexibility index (Phi) is 1.66. The van der Waals surface area contributed by atoms with Crippen molar-refractivity contribution in [1.29, 1.82) is 0 Å². The van der Waals surface area contributed by atoms with Crippen LogP contribution in [0.15, 0.2) is 16.5 Å². The molecule has 4 heteroatoms. The van der Waals surface area contributed by atoms with Gasteiger partial charge in [0, 0.05) is 0 Å². The van der Waals surface area contributed by atoms with Gasteiger partial charge in [0.05, 0.1) is 0 Å². The van der Waals surface area contributed by atoms with E-state index in [4.69, 9.17) is 10.3 Å². The zero-order valence-electron chi connectivity index (χ0n) is 7.46. The van der Waals surface area contributed by atoms with Crippen LogP contribution in [0.4, 0.5) is 0 Å². The largest absolute Gasteiger partial charge is 0.465 e. The minimum atomic E-state index is -0.469. The molecule has 0 saturated heterocycles. The van der Waals surface area contributed by atoms with Gasteiger partial charge in [-0.05, 0) is 31.9 Å². The minimum Gasteiger partial charge on any atom is -0.465 e. The maximum Gasteiger partial charge on any atom is 0.247 e. The SMILES string of the molecule is Cc1ccc(C2(C(=O)NN)CC2)o1. The van der Waals surface area contributed by atoms with E-state index in [1.807, 2.05) is 19.1 Å². The van der Waals surface area contributed by atoms with Crippen LogP contribution < -0.4 is 11.3 Å². The molecule has 1 saturated carbocycles. The highest BCUT2D eigenvalue weighted by molar-refractivity contribution is 5.90. The van der Waals surface area contributed by atoms with Gasteiger partial charge >= 0.3 is 0 Å². The van der Waals surface area contributed by atoms with Gasteiger partial charge < -0.3 is 4.42 Å². The summed E-state index contributed by atoms with van der Waals surface area (Å²) >= 11 is 0. The van der Waals surface area contributed by atoms with Gasteiger partial charge in [0.25, 0.3) is 0 Å². The quantitative estimate of drug-likeness (QED) is 0.398. The van der Waals surface area contributed by atoms with Gasteiger partial charge in [0.15, 0.2) is 0 Å². The normalized spacial score (nSPS) is 18.3. The molecule has 0 spiro atoms. The lowest BCUT2D eigenvalue weighted by Crippen LogP contribution is -2.39. The number of amides is 1. The first kappa shape index (κ1) is 8.31. The highest BCUT2D eigenvalue weighted by atomic mass is 16.3. The topological polar surface area (TPSA) is 68.3 Å². The fourth-order valence-corrected chi connectivity index (χ4v) is 1.54. The summed E-state index contributed by atoms with van der Waals surface area (Å²) in [5, 5.41) is 0. The molecular formula is C9H12N2O2. The first-order valence-electron chi connectivity index (χ1n) is 4.27. The van der Waals surface area contributed by atoms with Crippen LogP contribution in [0.2, 0.25) is 0 Å². The molecule has 3 N–H and O–H groups in total. The summed E-state index contributed by atoms with van der Waals surface area (Å²) in [6, 6.07) is 3.71. The molecule has 0 unspecified atom stereocenters. The summed E-state index contributed by atoms with van der Waals surface area (Å²) in [6.07, 6.45) is 1.64. The van der Waals surface area contributed by atoms with Gasteiger partial charge in [-0.3, -0.25) is 10.2 Å². The number of aryl methyl sites for hydroxylation is 1. The van der Waals surface area contributed by atoms with Gasteiger partial charge in [-0.25, -0.2) is 5.84 Å². The Morgan fingerprint density at radius 3 is 2.69 bits per heavy atom. The number of rotatable bonds is 2. The second-order valence-electron chi connectivity index (χ2n) is 3.47. The monoisotopic (exact) mass is 180 g/mol. The maximum absolute atomic E-state index is 11.4. The van der Waals surface area contributed by atoms with Crippen molar-refractivity contribution in [2.24, 2.45) is 5.84 Å². The molecule has 0 atom stereocenters. The van der Waals surface area contributed by atoms with Crippen molar-refractivity contribution in [1.82, 2.24) is 5.43 Å². The van der Waals surface area contributed by atoms with E-state index in [-0.39, 0.29) is 5.91 Å². The van der Waals surface area contributed by atoms with Crippen LogP contribution in [0.25, 0.3) is 0 Å². The molecule has 13 heavy (non-hydrogen) atoms. The lowest BCUT2D eigenvalue weighted by molar-refractivity contribution is -0.124. The molecule has 1 aromatic heterocycles. The van der Waals surface area contributed by atoms with Gasteiger partial charge in [0.1, 0.15) is 16.9 Å². The number of hydrogen-bond donors (Lipinski definition) is 2. The summed E-state index contributed by atoms with van der Waals surface area (Å²) in [5.41, 5.74) is 1.71. The first-order valence-corrected chi connectivity index (χ1v) is 4.27. The molecule has 1 aromatic rings. The average Bonchev–Trinajstić information content (AvgIpc) is 2.83. The van der Waals surface area contributed by atoms with Crippen molar-refractivity contribution >= 4 is 5.91 Å². The summed E-state index contributed by atoms with van der Waals surface area (Å²) in [4.78, 5) is 11.4. The predicted molar refractivity (Wildman–Crippen MR) is 46.7 cm³/mol. The molecule has 70 valence electrons. The second kappa shape index (κ2) is 2.60. The van der Waals surface area contributed by atoms with Crippen LogP contribution in [0.5, 0.6) is 0 Å². The van der Waals surface area contributed by atoms with Crippen molar-refractivity contribution in [3.8, 4) is 0 Å². The number of hydrogen-bond acceptors (Lipinski definition) is 3. The van der Waals surface area contributed by atoms with Crippen molar-refractivity contribution < 1.29 is 9.21 Å². The van der Waals surface area contributed by atoms with Crippen molar-refractivity contribution in [2.45, 2.75) is 25.2 Å². The van der Waals surface area contributed by atoms with Crippen molar-refractivity contribution in [3.05, 3.63) is 23.7 Å². The summed E-state index contributed by atoms with van der Waals surface area (Å²) in [5.74, 6) is 6.50. The number of carbonyl (C=O) groups is 1. The van der Waals surface area contributed by atoms with E-state index in [1.165, 1.54) is 0 Å². The highest BCUT2D eigenvalue weighted by Gasteiger charge is 2.53. The zero-order valence-corrected chi connectivity index (χ0v) is 7.46. The third kappa shape index (κ3) is 1.14. The Labute approximate surface area is 76.1 Å². The molecular weight excluding hydrogens is 168 g/mol. The van der Waals surface area contributed by atoms with Crippen molar-refractivity contribution in [2.75, 3.05) is 0 Å². The van der Waals surface area contributed by atoms with Crippen molar-refractivity contribution in [3.63, 3.8) is 0 Å². The molecule has 0 aromatic carbocycles. The molecule has 1 aliphatic rings. The smallest absolute Gasteiger partial charge is 0.247 e. The van der Waals surface area contributed by atoms with E-state index in [0.717, 1.165) is 24.4 Å². The standard InChI is InChI=1S/C9H12N2O2/c1-6-2-3-7(13-6)9(4-5-9)8(12)11-10/h2-3H,4-5,10H2,1H3,(H,11,12). The van der Waals surface area contributed by atoms with Crippen LogP contribution in [0.1, 0.15) is 24.4 Å². The summed E-state index contributed by atoms with van der Waals surface area (Å²) in [7, 11) is 0. The number of furan rings is 1. The number of nitrogens with two attached hydrogens (primary N) is 1. The Bertz CT molecular complexity index is 339. The minimum absolute atomic E-state index is 0.151. The molecule has 2 rings (SSSR count). The lowest BCUT2D eigenvalue weighted by Gasteiger charge is -2.09. The molecule has 1 amide bonds. The molecule has 1 heterocycles. The Morgan fingerprint density at radius 1 is 1.62 bits per heavy atom. The fraction of sp³-hybridized carbons (Fsp3) is 0.444. The van der Waals surface area contributed by atoms with E-state index in [9.17, 15) is 4.79 Å². The number of nitrogens with one attached hydrogen (secondary N) is 1. The van der Waals surface area contributed by atoms with Crippen LogP contribution in [0.3, 0.4) is 0 Å². The van der Waals surface area contributed by atoms with Crippen LogP contribution in [-0.2, 0) is 10.2 Å². The Morgan fingerprint density at radius 2 is 2.31 bits per heavy atom. The molecule has 0 radical (unpaired) electrons. The molecule has 0 bridgehead atoms. The van der Waals surface area contributed by atoms with E-state index in [0.29, 0.717) is 0 Å². The van der Waals surface area contributed by atoms with Gasteiger partial charge in [-0.15, -0.1) is 0 Å². The van der Waals surface area contributed by atoms with E-state index in [1.54, 1.807) is 0 Å². The number of carbonyl (C=O) groups excluding carboxylic acids is 1. The molecule has 1 aliphatic carbocycles. The average molecular weight is 180 g/mol. The number of hydrazine groups is 1. The van der Waals surface area contributed by atoms with E-state index < -0.39 is 5.41 Å². The van der Waals surface area contributed by atoms with Gasteiger partial charge in [-0.1, -0.05) is 0 Å². The van der Waals surface area contributed by atoms with Gasteiger partial charge in [0.2, 0.25) is 5.91 Å². The maximum atomic E-state index is 11.4. The van der Waals surface area contributed by atoms with Crippen LogP contribution >= 0.6 is 0 Å². The van der Waals surface area contributed by atoms with E-state index in [2.05, 4.69) is 5.43 Å². The van der Waals surface area contributed by atoms with Gasteiger partial charge in [-0.2, -0.15) is 0 Å². The first-order chi connectivity index (χ1) is 6.19. The summed E-state index contributed by atoms with van der Waals surface area (Å²) < 4.78 is 5.42. The molecule has 1 fully saturated rings. The third-order valence-electron chi connectivity index (χ3n) is 2.53. The zero-order chi connectivity index (χ0) is 9.47. The fourth-order valence-electron chi connectivity index (χ4n) is 1.54. The second-order valence-corrected chi connectivity index (χ2v) is 3.47. The third-order valence-corrected chi connectivity index (χ3v) is 2.53. The van der Waals surface area contributed by atoms with Crippen LogP contribution in [-0.4, -0.2) is 5.91 Å².